The molecule has 2 aromatic rings. The van der Waals surface area contributed by atoms with Gasteiger partial charge in [0.25, 0.3) is 0 Å². The molecule has 0 aliphatic carbocycles. The van der Waals surface area contributed by atoms with Crippen LogP contribution in [-0.4, -0.2) is 69.0 Å². The van der Waals surface area contributed by atoms with E-state index in [0.29, 0.717) is 0 Å². The van der Waals surface area contributed by atoms with Gasteiger partial charge in [-0.05, 0) is 24.5 Å². The van der Waals surface area contributed by atoms with Crippen molar-refractivity contribution >= 4 is 40.6 Å². The highest BCUT2D eigenvalue weighted by molar-refractivity contribution is 5.95. The molecular weight excluding hydrogens is 458 g/mol. The minimum Gasteiger partial charge on any atom is -0.481 e. The van der Waals surface area contributed by atoms with Gasteiger partial charge in [0.2, 0.25) is 17.7 Å². The number of aliphatic carboxylic acids is 2. The average Bonchev–Trinajstić information content (AvgIpc) is 3.18. The number of hydrogen-bond donors (Lipinski definition) is 7. The summed E-state index contributed by atoms with van der Waals surface area (Å²) in [5, 5.41) is 26.3. The Morgan fingerprint density at radius 3 is 2.11 bits per heavy atom. The highest BCUT2D eigenvalue weighted by Gasteiger charge is 2.32. The number of H-pyrrole nitrogens is 1. The van der Waals surface area contributed by atoms with Crippen LogP contribution in [-0.2, 0) is 30.4 Å². The number of para-hydroxylation sites is 1. The molecule has 2 rings (SSSR count). The summed E-state index contributed by atoms with van der Waals surface area (Å²) in [6, 6.07) is 2.59. The second-order valence-electron chi connectivity index (χ2n) is 8.64. The first-order valence-electron chi connectivity index (χ1n) is 11.1. The van der Waals surface area contributed by atoms with E-state index in [1.165, 1.54) is 6.92 Å². The standard InChI is InChI=1S/C23H31N5O7/c1-11(2)19(22(33)27-17(23(34)35)9-18(29)30)28-21(32)16(26-20(31)12(3)24)8-13-10-25-15-7-5-4-6-14(13)15/h4-7,10-12,16-17,19,25H,8-9,24H2,1-3H3,(H,26,31)(H,27,33)(H,28,32)(H,29,30)(H,34,35)/t12-,16-,17-,19-/m0/s1. The zero-order valence-corrected chi connectivity index (χ0v) is 19.7. The Balaban J connectivity index is 2.25. The lowest BCUT2D eigenvalue weighted by molar-refractivity contribution is -0.147. The fourth-order valence-electron chi connectivity index (χ4n) is 3.46. The first-order chi connectivity index (χ1) is 16.4. The van der Waals surface area contributed by atoms with E-state index in [2.05, 4.69) is 20.9 Å². The Labute approximate surface area is 201 Å². The lowest BCUT2D eigenvalue weighted by Crippen LogP contribution is -2.58. The zero-order chi connectivity index (χ0) is 26.3. The van der Waals surface area contributed by atoms with Crippen molar-refractivity contribution in [2.45, 2.75) is 57.8 Å². The Bertz CT molecular complexity index is 1090. The van der Waals surface area contributed by atoms with Gasteiger partial charge in [0.05, 0.1) is 12.5 Å². The molecule has 0 unspecified atom stereocenters. The van der Waals surface area contributed by atoms with E-state index in [1.54, 1.807) is 20.0 Å². The van der Waals surface area contributed by atoms with Crippen LogP contribution in [0.15, 0.2) is 30.5 Å². The Kier molecular flexibility index (Phi) is 9.34. The molecular formula is C23H31N5O7. The van der Waals surface area contributed by atoms with Gasteiger partial charge in [-0.3, -0.25) is 19.2 Å². The van der Waals surface area contributed by atoms with Crippen LogP contribution in [0.5, 0.6) is 0 Å². The number of benzene rings is 1. The summed E-state index contributed by atoms with van der Waals surface area (Å²) in [6.07, 6.45) is 0.990. The third-order valence-corrected chi connectivity index (χ3v) is 5.39. The van der Waals surface area contributed by atoms with Crippen LogP contribution in [0.2, 0.25) is 0 Å². The monoisotopic (exact) mass is 489 g/mol. The van der Waals surface area contributed by atoms with Gasteiger partial charge in [-0.25, -0.2) is 4.79 Å². The minimum atomic E-state index is -1.67. The molecule has 0 aliphatic rings. The summed E-state index contributed by atoms with van der Waals surface area (Å²) >= 11 is 0. The molecule has 3 amide bonds. The molecule has 0 radical (unpaired) electrons. The third-order valence-electron chi connectivity index (χ3n) is 5.39. The van der Waals surface area contributed by atoms with Crippen molar-refractivity contribution in [2.75, 3.05) is 0 Å². The number of nitrogens with two attached hydrogens (primary N) is 1. The highest BCUT2D eigenvalue weighted by atomic mass is 16.4. The van der Waals surface area contributed by atoms with E-state index in [9.17, 15) is 29.1 Å². The number of aromatic amines is 1. The molecule has 0 aliphatic heterocycles. The maximum atomic E-state index is 13.2. The molecule has 0 saturated heterocycles. The second-order valence-corrected chi connectivity index (χ2v) is 8.64. The van der Waals surface area contributed by atoms with E-state index >= 15 is 0 Å². The number of carbonyl (C=O) groups is 5. The van der Waals surface area contributed by atoms with Crippen molar-refractivity contribution in [2.24, 2.45) is 11.7 Å². The SMILES string of the molecule is CC(C)[C@H](NC(=O)[C@H](Cc1c[nH]c2ccccc12)NC(=O)[C@H](C)N)C(=O)N[C@@H](CC(=O)O)C(=O)O. The molecule has 0 saturated carbocycles. The summed E-state index contributed by atoms with van der Waals surface area (Å²) in [5.41, 5.74) is 7.25. The molecule has 0 fully saturated rings. The van der Waals surface area contributed by atoms with Crippen molar-refractivity contribution in [3.05, 3.63) is 36.0 Å². The molecule has 190 valence electrons. The Morgan fingerprint density at radius 2 is 1.54 bits per heavy atom. The molecule has 4 atom stereocenters. The fourth-order valence-corrected chi connectivity index (χ4v) is 3.46. The third kappa shape index (κ3) is 7.54. The van der Waals surface area contributed by atoms with Gasteiger partial charge in [-0.2, -0.15) is 0 Å². The largest absolute Gasteiger partial charge is 0.481 e. The highest BCUT2D eigenvalue weighted by Crippen LogP contribution is 2.19. The van der Waals surface area contributed by atoms with Gasteiger partial charge < -0.3 is 36.9 Å². The van der Waals surface area contributed by atoms with Crippen LogP contribution in [0.4, 0.5) is 0 Å². The number of carboxylic acids is 2. The van der Waals surface area contributed by atoms with Gasteiger partial charge >= 0.3 is 11.9 Å². The average molecular weight is 490 g/mol. The fraction of sp³-hybridized carbons (Fsp3) is 0.435. The smallest absolute Gasteiger partial charge is 0.326 e. The first-order valence-corrected chi connectivity index (χ1v) is 11.1. The number of hydrogen-bond acceptors (Lipinski definition) is 6. The lowest BCUT2D eigenvalue weighted by atomic mass is 10.00. The van der Waals surface area contributed by atoms with E-state index in [-0.39, 0.29) is 6.42 Å². The van der Waals surface area contributed by atoms with Gasteiger partial charge in [0, 0.05) is 23.5 Å². The molecule has 12 nitrogen and oxygen atoms in total. The summed E-state index contributed by atoms with van der Waals surface area (Å²) in [5.74, 6) is -5.50. The zero-order valence-electron chi connectivity index (χ0n) is 19.7. The van der Waals surface area contributed by atoms with Crippen LogP contribution in [0.3, 0.4) is 0 Å². The quantitative estimate of drug-likeness (QED) is 0.211. The number of aromatic nitrogens is 1. The van der Waals surface area contributed by atoms with Gasteiger partial charge in [0.15, 0.2) is 0 Å². The Hall–Kier alpha value is -3.93. The van der Waals surface area contributed by atoms with Crippen molar-refractivity contribution in [3.63, 3.8) is 0 Å². The van der Waals surface area contributed by atoms with Gasteiger partial charge in [0.1, 0.15) is 18.1 Å². The van der Waals surface area contributed by atoms with E-state index in [1.807, 2.05) is 24.3 Å². The summed E-state index contributed by atoms with van der Waals surface area (Å²) < 4.78 is 0. The maximum absolute atomic E-state index is 13.2. The molecule has 35 heavy (non-hydrogen) atoms. The molecule has 8 N–H and O–H groups in total. The molecule has 1 heterocycles. The van der Waals surface area contributed by atoms with Crippen LogP contribution >= 0.6 is 0 Å². The van der Waals surface area contributed by atoms with Crippen molar-refractivity contribution in [1.82, 2.24) is 20.9 Å². The van der Waals surface area contributed by atoms with Crippen molar-refractivity contribution < 1.29 is 34.2 Å². The summed E-state index contributed by atoms with van der Waals surface area (Å²) in [4.78, 5) is 63.6. The number of rotatable bonds is 12. The predicted octanol–water partition coefficient (Wildman–Crippen LogP) is -0.273. The van der Waals surface area contributed by atoms with Crippen LogP contribution in [0.1, 0.15) is 32.8 Å². The number of carbonyl (C=O) groups excluding carboxylic acids is 3. The van der Waals surface area contributed by atoms with E-state index in [0.717, 1.165) is 16.5 Å². The van der Waals surface area contributed by atoms with Gasteiger partial charge in [-0.15, -0.1) is 0 Å². The molecule has 0 bridgehead atoms. The van der Waals surface area contributed by atoms with E-state index in [4.69, 9.17) is 10.8 Å². The van der Waals surface area contributed by atoms with Gasteiger partial charge in [-0.1, -0.05) is 32.0 Å². The normalized spacial score (nSPS) is 14.5. The number of amides is 3. The Morgan fingerprint density at radius 1 is 0.914 bits per heavy atom. The lowest BCUT2D eigenvalue weighted by Gasteiger charge is -2.26. The van der Waals surface area contributed by atoms with Crippen molar-refractivity contribution in [3.8, 4) is 0 Å². The van der Waals surface area contributed by atoms with Crippen molar-refractivity contribution in [1.29, 1.82) is 0 Å². The molecule has 12 heteroatoms. The number of nitrogens with one attached hydrogen (secondary N) is 4. The molecule has 0 spiro atoms. The summed E-state index contributed by atoms with van der Waals surface area (Å²) in [7, 11) is 0. The molecule has 1 aromatic carbocycles. The second kappa shape index (κ2) is 12.0. The number of fused-ring (bicyclic) bond motifs is 1. The first kappa shape index (κ1) is 27.3. The minimum absolute atomic E-state index is 0.0947. The number of carboxylic acid groups (broad SMARTS) is 2. The van der Waals surface area contributed by atoms with E-state index < -0.39 is 66.2 Å². The summed E-state index contributed by atoms with van der Waals surface area (Å²) in [6.45, 7) is 4.73. The maximum Gasteiger partial charge on any atom is 0.326 e. The van der Waals surface area contributed by atoms with Crippen LogP contribution in [0, 0.1) is 5.92 Å². The van der Waals surface area contributed by atoms with Crippen LogP contribution < -0.4 is 21.7 Å². The van der Waals surface area contributed by atoms with Crippen LogP contribution in [0.25, 0.3) is 10.9 Å². The predicted molar refractivity (Wildman–Crippen MR) is 126 cm³/mol. The topological polar surface area (TPSA) is 204 Å². The molecule has 1 aromatic heterocycles.